The van der Waals surface area contributed by atoms with Gasteiger partial charge < -0.3 is 25.2 Å². The number of carboxylic acid groups (broad SMARTS) is 2. The number of carbonyl (C=O) groups is 3. The number of benzene rings is 1. The standard InChI is InChI=1S/C13H16N2O2.C2H2O4/c16-12(15-9-13(10-15)7-14-8-13)17-6-11-4-2-1-3-5-11;3-1(4)2(5)6/h1-5,14H,6-10H2;(H,3,4)(H,5,6). The minimum Gasteiger partial charge on any atom is -0.473 e. The van der Waals surface area contributed by atoms with Crippen molar-refractivity contribution in [2.75, 3.05) is 26.2 Å². The van der Waals surface area contributed by atoms with Crippen molar-refractivity contribution in [2.45, 2.75) is 6.61 Å². The monoisotopic (exact) mass is 322 g/mol. The summed E-state index contributed by atoms with van der Waals surface area (Å²) in [6.07, 6.45) is -0.189. The minimum atomic E-state index is -1.82. The van der Waals surface area contributed by atoms with Gasteiger partial charge in [0.25, 0.3) is 0 Å². The van der Waals surface area contributed by atoms with Gasteiger partial charge in [-0.1, -0.05) is 30.3 Å². The molecule has 0 aromatic heterocycles. The topological polar surface area (TPSA) is 116 Å². The van der Waals surface area contributed by atoms with Gasteiger partial charge in [-0.3, -0.25) is 0 Å². The molecule has 8 heteroatoms. The molecule has 1 amide bonds. The van der Waals surface area contributed by atoms with Crippen LogP contribution in [0.5, 0.6) is 0 Å². The highest BCUT2D eigenvalue weighted by atomic mass is 16.6. The van der Waals surface area contributed by atoms with Crippen molar-refractivity contribution in [2.24, 2.45) is 5.41 Å². The van der Waals surface area contributed by atoms with Gasteiger partial charge in [-0.2, -0.15) is 0 Å². The molecule has 1 spiro atoms. The molecular formula is C15H18N2O6. The molecule has 3 N–H and O–H groups in total. The summed E-state index contributed by atoms with van der Waals surface area (Å²) in [5.74, 6) is -3.65. The third-order valence-electron chi connectivity index (χ3n) is 3.70. The van der Waals surface area contributed by atoms with Crippen LogP contribution in [-0.2, 0) is 20.9 Å². The Kier molecular flexibility index (Phi) is 5.17. The summed E-state index contributed by atoms with van der Waals surface area (Å²) >= 11 is 0. The number of carboxylic acids is 2. The van der Waals surface area contributed by atoms with Crippen molar-refractivity contribution >= 4 is 18.0 Å². The van der Waals surface area contributed by atoms with E-state index < -0.39 is 11.9 Å². The van der Waals surface area contributed by atoms with Crippen molar-refractivity contribution in [3.63, 3.8) is 0 Å². The SMILES string of the molecule is O=C(O)C(=O)O.O=C(OCc1ccccc1)N1CC2(CNC2)C1. The van der Waals surface area contributed by atoms with Gasteiger partial charge in [0.05, 0.1) is 0 Å². The van der Waals surface area contributed by atoms with Crippen molar-refractivity contribution in [3.8, 4) is 0 Å². The zero-order chi connectivity index (χ0) is 16.9. The Morgan fingerprint density at radius 3 is 2.09 bits per heavy atom. The summed E-state index contributed by atoms with van der Waals surface area (Å²) in [7, 11) is 0. The summed E-state index contributed by atoms with van der Waals surface area (Å²) in [5.41, 5.74) is 1.40. The fraction of sp³-hybridized carbons (Fsp3) is 0.400. The maximum Gasteiger partial charge on any atom is 0.414 e. The minimum absolute atomic E-state index is 0.189. The molecule has 2 saturated heterocycles. The highest BCUT2D eigenvalue weighted by Crippen LogP contribution is 2.34. The maximum atomic E-state index is 11.7. The van der Waals surface area contributed by atoms with Crippen LogP contribution in [-0.4, -0.2) is 59.3 Å². The van der Waals surface area contributed by atoms with Gasteiger partial charge in [-0.15, -0.1) is 0 Å². The Morgan fingerprint density at radius 2 is 1.65 bits per heavy atom. The van der Waals surface area contributed by atoms with Crippen LogP contribution in [0.25, 0.3) is 0 Å². The van der Waals surface area contributed by atoms with Gasteiger partial charge >= 0.3 is 18.0 Å². The van der Waals surface area contributed by atoms with Gasteiger partial charge in [0.1, 0.15) is 6.61 Å². The van der Waals surface area contributed by atoms with E-state index in [2.05, 4.69) is 5.32 Å². The lowest BCUT2D eigenvalue weighted by Gasteiger charge is -2.55. The van der Waals surface area contributed by atoms with Crippen molar-refractivity contribution in [3.05, 3.63) is 35.9 Å². The molecule has 8 nitrogen and oxygen atoms in total. The molecule has 2 aliphatic heterocycles. The molecule has 1 aromatic rings. The average Bonchev–Trinajstić information content (AvgIpc) is 2.44. The molecule has 2 aliphatic rings. The second kappa shape index (κ2) is 7.10. The highest BCUT2D eigenvalue weighted by molar-refractivity contribution is 6.27. The second-order valence-electron chi connectivity index (χ2n) is 5.61. The number of carbonyl (C=O) groups excluding carboxylic acids is 1. The van der Waals surface area contributed by atoms with E-state index in [4.69, 9.17) is 24.5 Å². The molecule has 0 bridgehead atoms. The zero-order valence-electron chi connectivity index (χ0n) is 12.4. The third kappa shape index (κ3) is 4.43. The first-order valence-electron chi connectivity index (χ1n) is 7.04. The summed E-state index contributed by atoms with van der Waals surface area (Å²) in [6.45, 7) is 4.12. The summed E-state index contributed by atoms with van der Waals surface area (Å²) in [5, 5.41) is 18.0. The summed E-state index contributed by atoms with van der Waals surface area (Å²) < 4.78 is 5.26. The van der Waals surface area contributed by atoms with Crippen LogP contribution in [0.15, 0.2) is 30.3 Å². The van der Waals surface area contributed by atoms with E-state index in [1.165, 1.54) is 0 Å². The quantitative estimate of drug-likeness (QED) is 0.674. The van der Waals surface area contributed by atoms with Crippen LogP contribution >= 0.6 is 0 Å². The number of hydrogen-bond donors (Lipinski definition) is 3. The van der Waals surface area contributed by atoms with Crippen molar-refractivity contribution in [1.82, 2.24) is 10.2 Å². The normalized spacial score (nSPS) is 17.1. The molecule has 0 saturated carbocycles. The second-order valence-corrected chi connectivity index (χ2v) is 5.61. The number of likely N-dealkylation sites (tertiary alicyclic amines) is 1. The third-order valence-corrected chi connectivity index (χ3v) is 3.70. The van der Waals surface area contributed by atoms with E-state index in [1.54, 1.807) is 4.90 Å². The Morgan fingerprint density at radius 1 is 1.09 bits per heavy atom. The fourth-order valence-corrected chi connectivity index (χ4v) is 2.41. The van der Waals surface area contributed by atoms with E-state index >= 15 is 0 Å². The average molecular weight is 322 g/mol. The Balaban J connectivity index is 0.000000277. The molecule has 0 atom stereocenters. The number of aliphatic carboxylic acids is 2. The smallest absolute Gasteiger partial charge is 0.414 e. The molecule has 2 fully saturated rings. The number of nitrogens with zero attached hydrogens (tertiary/aromatic N) is 1. The van der Waals surface area contributed by atoms with Gasteiger partial charge in [0, 0.05) is 31.6 Å². The lowest BCUT2D eigenvalue weighted by molar-refractivity contribution is -0.159. The first kappa shape index (κ1) is 16.8. The molecule has 0 radical (unpaired) electrons. The van der Waals surface area contributed by atoms with Gasteiger partial charge in [-0.05, 0) is 5.56 Å². The number of amides is 1. The van der Waals surface area contributed by atoms with Gasteiger partial charge in [0.15, 0.2) is 0 Å². The predicted molar refractivity (Wildman–Crippen MR) is 78.8 cm³/mol. The van der Waals surface area contributed by atoms with Crippen LogP contribution in [0.1, 0.15) is 5.56 Å². The van der Waals surface area contributed by atoms with Crippen LogP contribution in [0.3, 0.4) is 0 Å². The van der Waals surface area contributed by atoms with Crippen LogP contribution in [0.2, 0.25) is 0 Å². The summed E-state index contributed by atoms with van der Waals surface area (Å²) in [4.78, 5) is 31.7. The Bertz CT molecular complexity index is 565. The molecule has 23 heavy (non-hydrogen) atoms. The van der Waals surface area contributed by atoms with Crippen LogP contribution in [0.4, 0.5) is 4.79 Å². The van der Waals surface area contributed by atoms with Crippen molar-refractivity contribution in [1.29, 1.82) is 0 Å². The maximum absolute atomic E-state index is 11.7. The number of ether oxygens (including phenoxy) is 1. The van der Waals surface area contributed by atoms with Crippen LogP contribution in [0, 0.1) is 5.41 Å². The van der Waals surface area contributed by atoms with E-state index in [-0.39, 0.29) is 6.09 Å². The molecule has 3 rings (SSSR count). The molecule has 1 aromatic carbocycles. The Labute approximate surface area is 132 Å². The fourth-order valence-electron chi connectivity index (χ4n) is 2.41. The number of rotatable bonds is 2. The largest absolute Gasteiger partial charge is 0.473 e. The predicted octanol–water partition coefficient (Wildman–Crippen LogP) is 0.384. The first-order chi connectivity index (χ1) is 10.9. The zero-order valence-corrected chi connectivity index (χ0v) is 12.4. The molecule has 0 aliphatic carbocycles. The van der Waals surface area contributed by atoms with Crippen molar-refractivity contribution < 1.29 is 29.3 Å². The van der Waals surface area contributed by atoms with Crippen LogP contribution < -0.4 is 5.32 Å². The highest BCUT2D eigenvalue weighted by Gasteiger charge is 2.49. The van der Waals surface area contributed by atoms with E-state index in [9.17, 15) is 4.79 Å². The van der Waals surface area contributed by atoms with E-state index in [0.717, 1.165) is 31.7 Å². The number of nitrogens with one attached hydrogen (secondary N) is 1. The first-order valence-corrected chi connectivity index (χ1v) is 7.04. The van der Waals surface area contributed by atoms with Gasteiger partial charge in [-0.25, -0.2) is 14.4 Å². The van der Waals surface area contributed by atoms with E-state index in [0.29, 0.717) is 12.0 Å². The van der Waals surface area contributed by atoms with Gasteiger partial charge in [0.2, 0.25) is 0 Å². The molecular weight excluding hydrogens is 304 g/mol. The molecule has 0 unspecified atom stereocenters. The van der Waals surface area contributed by atoms with E-state index in [1.807, 2.05) is 30.3 Å². The lowest BCUT2D eigenvalue weighted by atomic mass is 9.75. The number of hydrogen-bond acceptors (Lipinski definition) is 5. The summed E-state index contributed by atoms with van der Waals surface area (Å²) in [6, 6.07) is 9.76. The molecule has 2 heterocycles. The lowest BCUT2D eigenvalue weighted by Crippen LogP contribution is -2.71. The molecule has 124 valence electrons. The Hall–Kier alpha value is -2.61.